The summed E-state index contributed by atoms with van der Waals surface area (Å²) in [7, 11) is 0. The molecule has 0 heterocycles. The second-order valence-corrected chi connectivity index (χ2v) is 6.23. The molecule has 1 amide bonds. The van der Waals surface area contributed by atoms with E-state index in [2.05, 4.69) is 31.3 Å². The SMILES string of the molecule is CC(C)C=Cc1ccc(C(=O)NCCc2ccccc2Cl)cc1. The molecular formula is C20H22ClNO. The Morgan fingerprint density at radius 1 is 1.13 bits per heavy atom. The number of hydrogen-bond donors (Lipinski definition) is 1. The standard InChI is InChI=1S/C20H22ClNO/c1-15(2)7-8-16-9-11-18(12-10-16)20(23)22-14-13-17-5-3-4-6-19(17)21/h3-12,15H,13-14H2,1-2H3,(H,22,23). The number of nitrogens with one attached hydrogen (secondary N) is 1. The number of halogens is 1. The van der Waals surface area contributed by atoms with Crippen molar-refractivity contribution in [2.45, 2.75) is 20.3 Å². The Labute approximate surface area is 143 Å². The van der Waals surface area contributed by atoms with E-state index in [1.54, 1.807) is 0 Å². The van der Waals surface area contributed by atoms with E-state index in [1.165, 1.54) is 0 Å². The fourth-order valence-electron chi connectivity index (χ4n) is 2.16. The minimum atomic E-state index is -0.0588. The van der Waals surface area contributed by atoms with Crippen LogP contribution in [0.5, 0.6) is 0 Å². The van der Waals surface area contributed by atoms with Crippen molar-refractivity contribution >= 4 is 23.6 Å². The summed E-state index contributed by atoms with van der Waals surface area (Å²) in [4.78, 5) is 12.1. The Kier molecular flexibility index (Phi) is 6.42. The van der Waals surface area contributed by atoms with Gasteiger partial charge in [0.2, 0.25) is 0 Å². The number of amides is 1. The Hall–Kier alpha value is -2.06. The first kappa shape index (κ1) is 17.3. The first-order valence-corrected chi connectivity index (χ1v) is 8.24. The van der Waals surface area contributed by atoms with Gasteiger partial charge in [0.25, 0.3) is 5.91 Å². The van der Waals surface area contributed by atoms with Crippen LogP contribution in [0.15, 0.2) is 54.6 Å². The molecule has 2 aromatic rings. The summed E-state index contributed by atoms with van der Waals surface area (Å²) >= 11 is 6.11. The van der Waals surface area contributed by atoms with Gasteiger partial charge in [-0.15, -0.1) is 0 Å². The second kappa shape index (κ2) is 8.54. The molecule has 0 aliphatic rings. The Bertz CT molecular complexity index is 674. The lowest BCUT2D eigenvalue weighted by atomic mass is 10.1. The van der Waals surface area contributed by atoms with Gasteiger partial charge in [0, 0.05) is 17.1 Å². The molecule has 120 valence electrons. The predicted molar refractivity (Wildman–Crippen MR) is 97.8 cm³/mol. The molecule has 0 saturated heterocycles. The number of hydrogen-bond acceptors (Lipinski definition) is 1. The van der Waals surface area contributed by atoms with Crippen molar-refractivity contribution in [1.82, 2.24) is 5.32 Å². The van der Waals surface area contributed by atoms with Gasteiger partial charge < -0.3 is 5.32 Å². The van der Waals surface area contributed by atoms with Crippen molar-refractivity contribution in [1.29, 1.82) is 0 Å². The fraction of sp³-hybridized carbons (Fsp3) is 0.250. The highest BCUT2D eigenvalue weighted by Gasteiger charge is 2.05. The Balaban J connectivity index is 1.87. The molecule has 2 aromatic carbocycles. The van der Waals surface area contributed by atoms with E-state index in [1.807, 2.05) is 48.5 Å². The molecule has 1 N–H and O–H groups in total. The lowest BCUT2D eigenvalue weighted by Gasteiger charge is -2.07. The van der Waals surface area contributed by atoms with E-state index < -0.39 is 0 Å². The number of benzene rings is 2. The van der Waals surface area contributed by atoms with Crippen LogP contribution in [0.2, 0.25) is 5.02 Å². The number of allylic oxidation sites excluding steroid dienone is 1. The van der Waals surface area contributed by atoms with Gasteiger partial charge >= 0.3 is 0 Å². The number of carbonyl (C=O) groups is 1. The Morgan fingerprint density at radius 2 is 1.83 bits per heavy atom. The maximum Gasteiger partial charge on any atom is 0.251 e. The molecule has 0 unspecified atom stereocenters. The molecule has 0 spiro atoms. The highest BCUT2D eigenvalue weighted by atomic mass is 35.5. The van der Waals surface area contributed by atoms with E-state index in [4.69, 9.17) is 11.6 Å². The summed E-state index contributed by atoms with van der Waals surface area (Å²) in [6.45, 7) is 4.84. The third kappa shape index (κ3) is 5.57. The summed E-state index contributed by atoms with van der Waals surface area (Å²) in [6.07, 6.45) is 4.93. The Morgan fingerprint density at radius 3 is 2.48 bits per heavy atom. The van der Waals surface area contributed by atoms with Crippen LogP contribution in [-0.4, -0.2) is 12.5 Å². The van der Waals surface area contributed by atoms with Crippen molar-refractivity contribution < 1.29 is 4.79 Å². The monoisotopic (exact) mass is 327 g/mol. The summed E-state index contributed by atoms with van der Waals surface area (Å²) in [5.74, 6) is 0.458. The molecule has 0 aliphatic carbocycles. The van der Waals surface area contributed by atoms with Crippen LogP contribution in [0.1, 0.15) is 35.3 Å². The molecule has 0 fully saturated rings. The summed E-state index contributed by atoms with van der Waals surface area (Å²) in [6, 6.07) is 15.3. The topological polar surface area (TPSA) is 29.1 Å². The quantitative estimate of drug-likeness (QED) is 0.796. The zero-order valence-corrected chi connectivity index (χ0v) is 14.3. The van der Waals surface area contributed by atoms with Gasteiger partial charge in [-0.1, -0.05) is 67.9 Å². The molecule has 23 heavy (non-hydrogen) atoms. The maximum absolute atomic E-state index is 12.1. The number of carbonyl (C=O) groups excluding carboxylic acids is 1. The molecule has 0 aromatic heterocycles. The van der Waals surface area contributed by atoms with E-state index in [0.29, 0.717) is 18.0 Å². The molecule has 0 bridgehead atoms. The average Bonchev–Trinajstić information content (AvgIpc) is 2.55. The highest BCUT2D eigenvalue weighted by molar-refractivity contribution is 6.31. The van der Waals surface area contributed by atoms with Gasteiger partial charge in [-0.3, -0.25) is 4.79 Å². The van der Waals surface area contributed by atoms with Gasteiger partial charge in [0.15, 0.2) is 0 Å². The zero-order valence-electron chi connectivity index (χ0n) is 13.6. The maximum atomic E-state index is 12.1. The third-order valence-corrected chi connectivity index (χ3v) is 3.85. The number of rotatable bonds is 6. The van der Waals surface area contributed by atoms with Crippen LogP contribution in [0.3, 0.4) is 0 Å². The molecule has 0 aliphatic heterocycles. The lowest BCUT2D eigenvalue weighted by Crippen LogP contribution is -2.25. The molecule has 0 radical (unpaired) electrons. The highest BCUT2D eigenvalue weighted by Crippen LogP contribution is 2.15. The van der Waals surface area contributed by atoms with E-state index in [0.717, 1.165) is 22.6 Å². The summed E-state index contributed by atoms with van der Waals surface area (Å²) in [5, 5.41) is 3.67. The van der Waals surface area contributed by atoms with Crippen LogP contribution >= 0.6 is 11.6 Å². The van der Waals surface area contributed by atoms with Crippen LogP contribution < -0.4 is 5.32 Å². The first-order chi connectivity index (χ1) is 11.1. The van der Waals surface area contributed by atoms with E-state index in [9.17, 15) is 4.79 Å². The molecule has 2 nitrogen and oxygen atoms in total. The van der Waals surface area contributed by atoms with Crippen molar-refractivity contribution in [3.8, 4) is 0 Å². The third-order valence-electron chi connectivity index (χ3n) is 3.48. The van der Waals surface area contributed by atoms with Crippen molar-refractivity contribution in [2.75, 3.05) is 6.54 Å². The predicted octanol–water partition coefficient (Wildman–Crippen LogP) is 4.98. The summed E-state index contributed by atoms with van der Waals surface area (Å²) in [5.41, 5.74) is 2.82. The lowest BCUT2D eigenvalue weighted by molar-refractivity contribution is 0.0954. The molecule has 2 rings (SSSR count). The fourth-order valence-corrected chi connectivity index (χ4v) is 2.39. The first-order valence-electron chi connectivity index (χ1n) is 7.86. The summed E-state index contributed by atoms with van der Waals surface area (Å²) < 4.78 is 0. The van der Waals surface area contributed by atoms with Crippen molar-refractivity contribution in [3.63, 3.8) is 0 Å². The smallest absolute Gasteiger partial charge is 0.251 e. The normalized spacial score (nSPS) is 11.1. The van der Waals surface area contributed by atoms with Crippen molar-refractivity contribution in [3.05, 3.63) is 76.3 Å². The van der Waals surface area contributed by atoms with Gasteiger partial charge in [-0.05, 0) is 41.7 Å². The minimum absolute atomic E-state index is 0.0588. The van der Waals surface area contributed by atoms with Gasteiger partial charge in [-0.25, -0.2) is 0 Å². The molecule has 3 heteroatoms. The molecule has 0 saturated carbocycles. The van der Waals surface area contributed by atoms with Gasteiger partial charge in [0.05, 0.1) is 0 Å². The van der Waals surface area contributed by atoms with Crippen LogP contribution in [0.25, 0.3) is 6.08 Å². The molecule has 0 atom stereocenters. The zero-order chi connectivity index (χ0) is 16.7. The van der Waals surface area contributed by atoms with Gasteiger partial charge in [0.1, 0.15) is 0 Å². The van der Waals surface area contributed by atoms with E-state index in [-0.39, 0.29) is 5.91 Å². The average molecular weight is 328 g/mol. The molecular weight excluding hydrogens is 306 g/mol. The van der Waals surface area contributed by atoms with E-state index >= 15 is 0 Å². The van der Waals surface area contributed by atoms with Crippen LogP contribution in [0.4, 0.5) is 0 Å². The van der Waals surface area contributed by atoms with Gasteiger partial charge in [-0.2, -0.15) is 0 Å². The van der Waals surface area contributed by atoms with Crippen molar-refractivity contribution in [2.24, 2.45) is 5.92 Å². The minimum Gasteiger partial charge on any atom is -0.352 e. The van der Waals surface area contributed by atoms with Crippen LogP contribution in [-0.2, 0) is 6.42 Å². The second-order valence-electron chi connectivity index (χ2n) is 5.82. The van der Waals surface area contributed by atoms with Crippen LogP contribution in [0, 0.1) is 5.92 Å². The largest absolute Gasteiger partial charge is 0.352 e.